The molecule has 0 spiro atoms. The summed E-state index contributed by atoms with van der Waals surface area (Å²) in [5.74, 6) is -0.837. The van der Waals surface area contributed by atoms with Crippen molar-refractivity contribution in [3.8, 4) is 0 Å². The predicted octanol–water partition coefficient (Wildman–Crippen LogP) is 4.61. The summed E-state index contributed by atoms with van der Waals surface area (Å²) in [6.45, 7) is 4.13. The molecular formula is C23H47NO8P+. The lowest BCUT2D eigenvalue weighted by atomic mass is 10.1. The third-order valence-electron chi connectivity index (χ3n) is 4.89. The number of hydrogen-bond acceptors (Lipinski definition) is 7. The van der Waals surface area contributed by atoms with E-state index in [1.807, 2.05) is 21.1 Å². The van der Waals surface area contributed by atoms with Crippen LogP contribution in [0, 0.1) is 0 Å². The molecule has 0 aromatic heterocycles. The van der Waals surface area contributed by atoms with E-state index in [9.17, 15) is 19.0 Å². The van der Waals surface area contributed by atoms with E-state index in [4.69, 9.17) is 18.5 Å². The van der Waals surface area contributed by atoms with Gasteiger partial charge in [-0.3, -0.25) is 18.6 Å². The van der Waals surface area contributed by atoms with Gasteiger partial charge >= 0.3 is 19.8 Å². The molecule has 33 heavy (non-hydrogen) atoms. The average molecular weight is 497 g/mol. The van der Waals surface area contributed by atoms with Gasteiger partial charge in [-0.1, -0.05) is 58.8 Å². The zero-order chi connectivity index (χ0) is 25.2. The van der Waals surface area contributed by atoms with E-state index in [2.05, 4.69) is 13.8 Å². The fraction of sp³-hybridized carbons (Fsp3) is 0.913. The molecular weight excluding hydrogens is 449 g/mol. The average Bonchev–Trinajstić information content (AvgIpc) is 2.72. The molecule has 0 rings (SSSR count). The maximum Gasteiger partial charge on any atom is 0.472 e. The number of ether oxygens (including phenoxy) is 2. The van der Waals surface area contributed by atoms with Crippen molar-refractivity contribution < 1.29 is 42.1 Å². The van der Waals surface area contributed by atoms with Gasteiger partial charge in [-0.15, -0.1) is 0 Å². The third kappa shape index (κ3) is 21.3. The van der Waals surface area contributed by atoms with Crippen LogP contribution in [0.2, 0.25) is 0 Å². The number of hydrogen-bond donors (Lipinski definition) is 1. The molecule has 0 radical (unpaired) electrons. The zero-order valence-corrected chi connectivity index (χ0v) is 22.3. The molecule has 0 fully saturated rings. The molecule has 0 amide bonds. The summed E-state index contributed by atoms with van der Waals surface area (Å²) < 4.78 is 33.3. The van der Waals surface area contributed by atoms with Gasteiger partial charge in [0.25, 0.3) is 0 Å². The quantitative estimate of drug-likeness (QED) is 0.106. The van der Waals surface area contributed by atoms with Gasteiger partial charge in [0, 0.05) is 12.8 Å². The van der Waals surface area contributed by atoms with Gasteiger partial charge in [0.15, 0.2) is 6.10 Å². The Morgan fingerprint density at radius 1 is 0.818 bits per heavy atom. The summed E-state index contributed by atoms with van der Waals surface area (Å²) in [6.07, 6.45) is 8.29. The van der Waals surface area contributed by atoms with Gasteiger partial charge in [0.05, 0.1) is 27.7 Å². The number of nitrogens with zero attached hydrogens (tertiary/aromatic N) is 1. The minimum Gasteiger partial charge on any atom is -0.462 e. The number of carbonyl (C=O) groups is 2. The number of esters is 2. The largest absolute Gasteiger partial charge is 0.472 e. The molecule has 2 atom stereocenters. The molecule has 196 valence electrons. The molecule has 0 aromatic rings. The smallest absolute Gasteiger partial charge is 0.462 e. The van der Waals surface area contributed by atoms with Gasteiger partial charge in [-0.2, -0.15) is 0 Å². The van der Waals surface area contributed by atoms with Crippen LogP contribution in [0.15, 0.2) is 0 Å². The summed E-state index contributed by atoms with van der Waals surface area (Å²) in [5.41, 5.74) is 0. The van der Waals surface area contributed by atoms with Crippen molar-refractivity contribution in [1.82, 2.24) is 0 Å². The standard InChI is InChI=1S/C23H46NO8P/c1-6-8-10-12-14-16-23(26)32-21(19-29-22(25)15-13-11-9-7-2)20-31-33(27,28)30-18-17-24(3,4)5/h21H,6-20H2,1-5H3/p+1/t21-/m1/s1. The van der Waals surface area contributed by atoms with Crippen molar-refractivity contribution >= 4 is 19.8 Å². The summed E-state index contributed by atoms with van der Waals surface area (Å²) in [4.78, 5) is 34.1. The van der Waals surface area contributed by atoms with E-state index < -0.39 is 32.5 Å². The molecule has 10 heteroatoms. The van der Waals surface area contributed by atoms with Crippen molar-refractivity contribution in [2.24, 2.45) is 0 Å². The summed E-state index contributed by atoms with van der Waals surface area (Å²) in [7, 11) is 1.47. The highest BCUT2D eigenvalue weighted by Crippen LogP contribution is 2.43. The fourth-order valence-electron chi connectivity index (χ4n) is 2.83. The SMILES string of the molecule is CCCCCCCC(=O)O[C@H](COC(=O)CCCCCC)COP(=O)(O)OCC[N+](C)(C)C. The Morgan fingerprint density at radius 2 is 1.36 bits per heavy atom. The van der Waals surface area contributed by atoms with E-state index in [-0.39, 0.29) is 26.1 Å². The molecule has 0 bridgehead atoms. The van der Waals surface area contributed by atoms with E-state index >= 15 is 0 Å². The lowest BCUT2D eigenvalue weighted by molar-refractivity contribution is -0.870. The van der Waals surface area contributed by atoms with Gasteiger partial charge in [0.2, 0.25) is 0 Å². The van der Waals surface area contributed by atoms with Crippen LogP contribution in [-0.2, 0) is 32.7 Å². The number of phosphoric acid groups is 1. The summed E-state index contributed by atoms with van der Waals surface area (Å²) in [6, 6.07) is 0. The van der Waals surface area contributed by atoms with Crippen molar-refractivity contribution in [1.29, 1.82) is 0 Å². The Labute approximate surface area is 200 Å². The molecule has 1 N–H and O–H groups in total. The van der Waals surface area contributed by atoms with Crippen molar-refractivity contribution in [2.45, 2.75) is 90.6 Å². The Hall–Kier alpha value is -0.990. The molecule has 0 saturated carbocycles. The first-order chi connectivity index (χ1) is 15.5. The minimum atomic E-state index is -4.32. The van der Waals surface area contributed by atoms with Crippen LogP contribution < -0.4 is 0 Å². The predicted molar refractivity (Wildman–Crippen MR) is 128 cm³/mol. The fourth-order valence-corrected chi connectivity index (χ4v) is 3.57. The van der Waals surface area contributed by atoms with Crippen molar-refractivity contribution in [3.05, 3.63) is 0 Å². The normalized spacial score (nSPS) is 14.5. The van der Waals surface area contributed by atoms with Crippen LogP contribution >= 0.6 is 7.82 Å². The van der Waals surface area contributed by atoms with Crippen LogP contribution in [0.1, 0.15) is 84.5 Å². The first kappa shape index (κ1) is 32.0. The number of unbranched alkanes of at least 4 members (excludes halogenated alkanes) is 7. The second-order valence-electron chi connectivity index (χ2n) is 9.38. The lowest BCUT2D eigenvalue weighted by Crippen LogP contribution is -2.37. The molecule has 0 aliphatic heterocycles. The highest BCUT2D eigenvalue weighted by atomic mass is 31.2. The molecule has 0 aromatic carbocycles. The van der Waals surface area contributed by atoms with Gasteiger partial charge in [0.1, 0.15) is 19.8 Å². The first-order valence-electron chi connectivity index (χ1n) is 12.3. The monoisotopic (exact) mass is 496 g/mol. The Morgan fingerprint density at radius 3 is 1.94 bits per heavy atom. The number of phosphoric ester groups is 1. The molecule has 0 saturated heterocycles. The minimum absolute atomic E-state index is 0.0340. The number of carbonyl (C=O) groups excluding carboxylic acids is 2. The number of quaternary nitrogens is 1. The Balaban J connectivity index is 4.63. The Bertz CT molecular complexity index is 579. The van der Waals surface area contributed by atoms with Crippen LogP contribution in [0.5, 0.6) is 0 Å². The second kappa shape index (κ2) is 18.4. The van der Waals surface area contributed by atoms with Crippen LogP contribution in [0.4, 0.5) is 0 Å². The molecule has 0 aliphatic rings. The first-order valence-corrected chi connectivity index (χ1v) is 13.8. The number of likely N-dealkylation sites (N-methyl/N-ethyl adjacent to an activating group) is 1. The van der Waals surface area contributed by atoms with Crippen LogP contribution in [0.3, 0.4) is 0 Å². The van der Waals surface area contributed by atoms with Crippen LogP contribution in [-0.4, -0.2) is 74.9 Å². The molecule has 0 aliphatic carbocycles. The van der Waals surface area contributed by atoms with E-state index in [0.29, 0.717) is 17.4 Å². The summed E-state index contributed by atoms with van der Waals surface area (Å²) in [5, 5.41) is 0. The van der Waals surface area contributed by atoms with E-state index in [1.165, 1.54) is 0 Å². The maximum absolute atomic E-state index is 12.2. The molecule has 1 unspecified atom stereocenters. The zero-order valence-electron chi connectivity index (χ0n) is 21.4. The van der Waals surface area contributed by atoms with Crippen molar-refractivity contribution in [3.63, 3.8) is 0 Å². The molecule has 0 heterocycles. The third-order valence-corrected chi connectivity index (χ3v) is 5.87. The highest BCUT2D eigenvalue weighted by molar-refractivity contribution is 7.47. The summed E-state index contributed by atoms with van der Waals surface area (Å²) >= 11 is 0. The van der Waals surface area contributed by atoms with Crippen LogP contribution in [0.25, 0.3) is 0 Å². The van der Waals surface area contributed by atoms with Gasteiger partial charge in [-0.05, 0) is 12.8 Å². The highest BCUT2D eigenvalue weighted by Gasteiger charge is 2.26. The van der Waals surface area contributed by atoms with Gasteiger partial charge < -0.3 is 18.9 Å². The van der Waals surface area contributed by atoms with Gasteiger partial charge in [-0.25, -0.2) is 4.57 Å². The lowest BCUT2D eigenvalue weighted by Gasteiger charge is -2.24. The number of rotatable bonds is 21. The second-order valence-corrected chi connectivity index (χ2v) is 10.8. The van der Waals surface area contributed by atoms with E-state index in [1.54, 1.807) is 0 Å². The topological polar surface area (TPSA) is 108 Å². The molecule has 9 nitrogen and oxygen atoms in total. The Kier molecular flexibility index (Phi) is 17.8. The maximum atomic E-state index is 12.2. The van der Waals surface area contributed by atoms with Crippen molar-refractivity contribution in [2.75, 3.05) is 47.5 Å². The van der Waals surface area contributed by atoms with E-state index in [0.717, 1.165) is 51.4 Å².